The molecule has 2 aromatic carbocycles. The molecule has 0 saturated carbocycles. The Bertz CT molecular complexity index is 1020. The number of H-pyrrole nitrogens is 2. The van der Waals surface area contributed by atoms with E-state index < -0.39 is 0 Å². The third kappa shape index (κ3) is 2.40. The monoisotopic (exact) mass is 332 g/mol. The highest BCUT2D eigenvalue weighted by Gasteiger charge is 2.15. The van der Waals surface area contributed by atoms with Crippen LogP contribution in [0.4, 0.5) is 0 Å². The number of fused-ring (bicyclic) bond motifs is 1. The fourth-order valence-electron chi connectivity index (χ4n) is 2.74. The van der Waals surface area contributed by atoms with Crippen LogP contribution in [0, 0.1) is 0 Å². The summed E-state index contributed by atoms with van der Waals surface area (Å²) in [5.74, 6) is 2.86. The van der Waals surface area contributed by atoms with E-state index in [0.717, 1.165) is 39.7 Å². The standard InChI is InChI=1S/C17H12N6O2/c1-3-11(17-20-22-23-21-17)4-2-10(1)16-18-8-13(19-16)12-5-6-14-15(7-12)25-9-24-14/h1-8H,9H2,(H,18,19)(H,20,21,22,23). The van der Waals surface area contributed by atoms with Gasteiger partial charge in [-0.15, -0.1) is 10.2 Å². The first-order valence-electron chi connectivity index (χ1n) is 7.66. The van der Waals surface area contributed by atoms with Crippen molar-refractivity contribution in [1.82, 2.24) is 30.6 Å². The van der Waals surface area contributed by atoms with E-state index in [1.807, 2.05) is 42.5 Å². The van der Waals surface area contributed by atoms with E-state index in [9.17, 15) is 0 Å². The molecule has 25 heavy (non-hydrogen) atoms. The average molecular weight is 332 g/mol. The van der Waals surface area contributed by atoms with Crippen molar-refractivity contribution in [2.45, 2.75) is 0 Å². The zero-order valence-electron chi connectivity index (χ0n) is 12.9. The van der Waals surface area contributed by atoms with Gasteiger partial charge < -0.3 is 14.5 Å². The summed E-state index contributed by atoms with van der Waals surface area (Å²) in [7, 11) is 0. The molecule has 1 aliphatic heterocycles. The molecule has 1 aliphatic rings. The molecule has 3 heterocycles. The number of ether oxygens (including phenoxy) is 2. The first-order valence-corrected chi connectivity index (χ1v) is 7.66. The fraction of sp³-hybridized carbons (Fsp3) is 0.0588. The van der Waals surface area contributed by atoms with Crippen LogP contribution in [-0.2, 0) is 0 Å². The molecular formula is C17H12N6O2. The Morgan fingerprint density at radius 1 is 0.880 bits per heavy atom. The zero-order valence-corrected chi connectivity index (χ0v) is 12.9. The van der Waals surface area contributed by atoms with E-state index in [1.165, 1.54) is 0 Å². The molecule has 122 valence electrons. The maximum atomic E-state index is 5.42. The van der Waals surface area contributed by atoms with Gasteiger partial charge in [-0.05, 0) is 23.4 Å². The molecule has 0 unspecified atom stereocenters. The summed E-state index contributed by atoms with van der Waals surface area (Å²) in [6.45, 7) is 0.264. The molecule has 0 bridgehead atoms. The first-order chi connectivity index (χ1) is 12.4. The highest BCUT2D eigenvalue weighted by Crippen LogP contribution is 2.35. The molecule has 0 aliphatic carbocycles. The minimum absolute atomic E-state index is 0.264. The predicted molar refractivity (Wildman–Crippen MR) is 88.8 cm³/mol. The average Bonchev–Trinajstić information content (AvgIpc) is 3.42. The molecule has 4 aromatic rings. The van der Waals surface area contributed by atoms with Gasteiger partial charge in [-0.3, -0.25) is 0 Å². The van der Waals surface area contributed by atoms with Crippen LogP contribution >= 0.6 is 0 Å². The Balaban J connectivity index is 1.44. The Morgan fingerprint density at radius 2 is 1.68 bits per heavy atom. The third-order valence-corrected chi connectivity index (χ3v) is 4.02. The van der Waals surface area contributed by atoms with Crippen molar-refractivity contribution < 1.29 is 9.47 Å². The maximum absolute atomic E-state index is 5.42. The summed E-state index contributed by atoms with van der Waals surface area (Å²) in [5.41, 5.74) is 3.77. The quantitative estimate of drug-likeness (QED) is 0.598. The lowest BCUT2D eigenvalue weighted by Crippen LogP contribution is -1.92. The van der Waals surface area contributed by atoms with Crippen molar-refractivity contribution in [3.63, 3.8) is 0 Å². The van der Waals surface area contributed by atoms with Crippen molar-refractivity contribution in [2.24, 2.45) is 0 Å². The van der Waals surface area contributed by atoms with Gasteiger partial charge in [0.1, 0.15) is 5.82 Å². The van der Waals surface area contributed by atoms with E-state index in [2.05, 4.69) is 30.6 Å². The zero-order chi connectivity index (χ0) is 16.6. The van der Waals surface area contributed by atoms with Crippen LogP contribution in [0.3, 0.4) is 0 Å². The van der Waals surface area contributed by atoms with Crippen LogP contribution in [0.25, 0.3) is 34.0 Å². The largest absolute Gasteiger partial charge is 0.454 e. The van der Waals surface area contributed by atoms with Crippen molar-refractivity contribution in [3.05, 3.63) is 48.7 Å². The lowest BCUT2D eigenvalue weighted by molar-refractivity contribution is 0.174. The van der Waals surface area contributed by atoms with Gasteiger partial charge in [0.05, 0.1) is 11.9 Å². The number of nitrogens with one attached hydrogen (secondary N) is 2. The maximum Gasteiger partial charge on any atom is 0.231 e. The van der Waals surface area contributed by atoms with Gasteiger partial charge in [0.2, 0.25) is 12.6 Å². The summed E-state index contributed by atoms with van der Waals surface area (Å²) in [6.07, 6.45) is 1.81. The Labute approximate surface area is 141 Å². The van der Waals surface area contributed by atoms with Gasteiger partial charge in [-0.25, -0.2) is 4.98 Å². The molecule has 0 fully saturated rings. The van der Waals surface area contributed by atoms with Crippen molar-refractivity contribution in [1.29, 1.82) is 0 Å². The summed E-state index contributed by atoms with van der Waals surface area (Å²) < 4.78 is 10.8. The third-order valence-electron chi connectivity index (χ3n) is 4.02. The van der Waals surface area contributed by atoms with Crippen LogP contribution in [0.15, 0.2) is 48.7 Å². The van der Waals surface area contributed by atoms with Crippen molar-refractivity contribution >= 4 is 0 Å². The molecule has 0 spiro atoms. The minimum atomic E-state index is 0.264. The van der Waals surface area contributed by atoms with Crippen molar-refractivity contribution in [3.8, 4) is 45.5 Å². The topological polar surface area (TPSA) is 102 Å². The smallest absolute Gasteiger partial charge is 0.231 e. The SMILES string of the molecule is c1cc(-c2ncc(-c3ccc4c(c3)OCO4)[nH]2)ccc1-c1nn[nH]n1. The molecule has 8 heteroatoms. The van der Waals surface area contributed by atoms with E-state index in [-0.39, 0.29) is 6.79 Å². The number of benzene rings is 2. The molecule has 0 radical (unpaired) electrons. The first kappa shape index (κ1) is 13.7. The highest BCUT2D eigenvalue weighted by molar-refractivity contribution is 5.68. The summed E-state index contributed by atoms with van der Waals surface area (Å²) in [5, 5.41) is 13.9. The number of imidazole rings is 1. The number of hydrogen-bond acceptors (Lipinski definition) is 6. The van der Waals surface area contributed by atoms with Crippen molar-refractivity contribution in [2.75, 3.05) is 6.79 Å². The van der Waals surface area contributed by atoms with Crippen LogP contribution in [-0.4, -0.2) is 37.4 Å². The van der Waals surface area contributed by atoms with Crippen LogP contribution in [0.2, 0.25) is 0 Å². The predicted octanol–water partition coefficient (Wildman–Crippen LogP) is 2.65. The van der Waals surface area contributed by atoms with Gasteiger partial charge in [0.25, 0.3) is 0 Å². The molecule has 2 N–H and O–H groups in total. The van der Waals surface area contributed by atoms with Crippen LogP contribution in [0.5, 0.6) is 11.5 Å². The molecule has 2 aromatic heterocycles. The van der Waals surface area contributed by atoms with Gasteiger partial charge in [0, 0.05) is 16.7 Å². The number of tetrazole rings is 1. The summed E-state index contributed by atoms with van der Waals surface area (Å²) >= 11 is 0. The molecule has 0 amide bonds. The summed E-state index contributed by atoms with van der Waals surface area (Å²) in [4.78, 5) is 7.81. The van der Waals surface area contributed by atoms with Gasteiger partial charge in [-0.1, -0.05) is 24.3 Å². The molecule has 5 rings (SSSR count). The molecule has 8 nitrogen and oxygen atoms in total. The van der Waals surface area contributed by atoms with Gasteiger partial charge in [-0.2, -0.15) is 5.21 Å². The Kier molecular flexibility index (Phi) is 2.99. The van der Waals surface area contributed by atoms with Crippen LogP contribution in [0.1, 0.15) is 0 Å². The minimum Gasteiger partial charge on any atom is -0.454 e. The lowest BCUT2D eigenvalue weighted by atomic mass is 10.1. The van der Waals surface area contributed by atoms with E-state index >= 15 is 0 Å². The van der Waals surface area contributed by atoms with Gasteiger partial charge in [0.15, 0.2) is 11.5 Å². The highest BCUT2D eigenvalue weighted by atomic mass is 16.7. The lowest BCUT2D eigenvalue weighted by Gasteiger charge is -2.01. The van der Waals surface area contributed by atoms with Gasteiger partial charge >= 0.3 is 0 Å². The second-order valence-electron chi connectivity index (χ2n) is 5.53. The number of aromatic nitrogens is 6. The fourth-order valence-corrected chi connectivity index (χ4v) is 2.74. The second kappa shape index (κ2) is 5.45. The number of nitrogens with zero attached hydrogens (tertiary/aromatic N) is 4. The Morgan fingerprint density at radius 3 is 2.52 bits per heavy atom. The second-order valence-corrected chi connectivity index (χ2v) is 5.53. The number of hydrogen-bond donors (Lipinski definition) is 2. The summed E-state index contributed by atoms with van der Waals surface area (Å²) in [6, 6.07) is 13.6. The molecular weight excluding hydrogens is 320 g/mol. The van der Waals surface area contributed by atoms with E-state index in [1.54, 1.807) is 6.20 Å². The van der Waals surface area contributed by atoms with Crippen LogP contribution < -0.4 is 9.47 Å². The van der Waals surface area contributed by atoms with E-state index in [4.69, 9.17) is 9.47 Å². The molecule has 0 saturated heterocycles. The molecule has 0 atom stereocenters. The number of aromatic amines is 2. The van der Waals surface area contributed by atoms with E-state index in [0.29, 0.717) is 5.82 Å². The Hall–Kier alpha value is -3.68. The number of rotatable bonds is 3. The normalized spacial score (nSPS) is 12.5.